The van der Waals surface area contributed by atoms with E-state index in [0.717, 1.165) is 19.3 Å². The number of hydrogen-bond acceptors (Lipinski definition) is 6. The molecule has 210 valence electrons. The lowest BCUT2D eigenvalue weighted by Crippen LogP contribution is -2.33. The highest BCUT2D eigenvalue weighted by atomic mass is 35.5. The van der Waals surface area contributed by atoms with E-state index in [2.05, 4.69) is 35.8 Å². The van der Waals surface area contributed by atoms with E-state index in [-0.39, 0.29) is 18.5 Å². The number of halogens is 1. The van der Waals surface area contributed by atoms with Crippen LogP contribution in [0.5, 0.6) is 17.2 Å². The minimum Gasteiger partial charge on any atom is -0.756 e. The van der Waals surface area contributed by atoms with Gasteiger partial charge in [-0.05, 0) is 92.8 Å². The molecule has 1 aliphatic heterocycles. The summed E-state index contributed by atoms with van der Waals surface area (Å²) in [7, 11) is 0. The molecule has 5 rings (SSSR count). The monoisotopic (exact) mass is 579 g/mol. The smallest absolute Gasteiger partial charge is 0.251 e. The first kappa shape index (κ1) is 28.3. The second kappa shape index (κ2) is 12.5. The van der Waals surface area contributed by atoms with Gasteiger partial charge in [-0.15, -0.1) is 11.8 Å². The summed E-state index contributed by atoms with van der Waals surface area (Å²) in [5.41, 5.74) is 2.48. The maximum atomic E-state index is 12.9. The van der Waals surface area contributed by atoms with Crippen molar-refractivity contribution in [2.24, 2.45) is 0 Å². The number of carbonyl (C=O) groups excluding carboxylic acids is 2. The molecule has 40 heavy (non-hydrogen) atoms. The van der Waals surface area contributed by atoms with Crippen LogP contribution in [0.3, 0.4) is 0 Å². The second-order valence-corrected chi connectivity index (χ2v) is 11.4. The number of hydrogen-bond donors (Lipinski definition) is 1. The van der Waals surface area contributed by atoms with E-state index in [1.807, 2.05) is 0 Å². The van der Waals surface area contributed by atoms with E-state index in [4.69, 9.17) is 21.1 Å². The summed E-state index contributed by atoms with van der Waals surface area (Å²) >= 11 is 8.24. The van der Waals surface area contributed by atoms with Crippen molar-refractivity contribution < 1.29 is 19.1 Å². The highest BCUT2D eigenvalue weighted by Gasteiger charge is 2.30. The Bertz CT molecular complexity index is 1380. The number of benzene rings is 3. The van der Waals surface area contributed by atoms with Crippen LogP contribution in [0.1, 0.15) is 65.9 Å². The van der Waals surface area contributed by atoms with Crippen LogP contribution in [0.2, 0.25) is 5.02 Å². The van der Waals surface area contributed by atoms with E-state index in [0.29, 0.717) is 57.4 Å². The number of thioether (sulfide) groups is 1. The number of ether oxygens (including phenoxy) is 2. The van der Waals surface area contributed by atoms with E-state index in [1.165, 1.54) is 10.5 Å². The van der Waals surface area contributed by atoms with Crippen LogP contribution in [0.15, 0.2) is 65.6 Å². The van der Waals surface area contributed by atoms with Gasteiger partial charge in [-0.25, -0.2) is 0 Å². The van der Waals surface area contributed by atoms with Crippen molar-refractivity contribution in [3.05, 3.63) is 87.6 Å². The summed E-state index contributed by atoms with van der Waals surface area (Å²) in [6, 6.07) is 19.0. The number of carbonyl (C=O) groups is 2. The van der Waals surface area contributed by atoms with Crippen LogP contribution in [0.25, 0.3) is 0 Å². The zero-order valence-corrected chi connectivity index (χ0v) is 24.1. The normalized spacial score (nSPS) is 19.9. The fourth-order valence-electron chi connectivity index (χ4n) is 5.43. The molecular formula is C31H32ClN2O5S-. The standard InChI is InChI=1S/C31H32ClN2O5S/c1-3-34(37)31(36)25-13-14-38-28-18-29(27(32)17-26(25)28)39-23-11-8-19(9-12-23)30(35)33-22-10-7-21(15-22)20-5-4-6-24(16-20)40-2/h4-6,8-9,11-12,16-18,21-22,25H,3,7,10,13-15H2,1-2H3,(H,33,35)/q-1. The molecule has 1 N–H and O–H groups in total. The summed E-state index contributed by atoms with van der Waals surface area (Å²) in [5.74, 6) is 0.600. The SMILES string of the molecule is CCN([O-])C(=O)C1CCOc2cc(Oc3ccc(C(=O)NC4CCC(c5cccc(SC)c5)C4)cc3)c(Cl)cc21. The fourth-order valence-corrected chi connectivity index (χ4v) is 6.11. The van der Waals surface area contributed by atoms with Crippen LogP contribution in [0.4, 0.5) is 0 Å². The van der Waals surface area contributed by atoms with Crippen molar-refractivity contribution in [1.82, 2.24) is 10.4 Å². The topological polar surface area (TPSA) is 90.9 Å². The molecule has 1 saturated carbocycles. The Balaban J connectivity index is 1.21. The Hall–Kier alpha value is -3.20. The number of nitrogens with zero attached hydrogens (tertiary/aromatic N) is 1. The number of likely N-dealkylation sites (N-methyl/N-ethyl adjacent to an activating group) is 1. The zero-order valence-electron chi connectivity index (χ0n) is 22.5. The minimum atomic E-state index is -0.596. The number of nitrogens with one attached hydrogen (secondary N) is 1. The van der Waals surface area contributed by atoms with Gasteiger partial charge in [0.2, 0.25) is 5.91 Å². The lowest BCUT2D eigenvalue weighted by atomic mass is 9.92. The van der Waals surface area contributed by atoms with Crippen LogP contribution in [-0.2, 0) is 4.79 Å². The molecule has 0 saturated heterocycles. The molecule has 0 bridgehead atoms. The second-order valence-electron chi connectivity index (χ2n) is 10.1. The largest absolute Gasteiger partial charge is 0.756 e. The summed E-state index contributed by atoms with van der Waals surface area (Å²) in [6.07, 6.45) is 5.44. The maximum Gasteiger partial charge on any atom is 0.251 e. The van der Waals surface area contributed by atoms with Gasteiger partial charge in [0.15, 0.2) is 0 Å². The maximum absolute atomic E-state index is 12.9. The van der Waals surface area contributed by atoms with Crippen LogP contribution >= 0.6 is 23.4 Å². The van der Waals surface area contributed by atoms with Gasteiger partial charge in [-0.1, -0.05) is 23.7 Å². The van der Waals surface area contributed by atoms with Gasteiger partial charge >= 0.3 is 0 Å². The molecule has 1 fully saturated rings. The molecule has 3 aromatic rings. The van der Waals surface area contributed by atoms with E-state index in [1.54, 1.807) is 55.1 Å². The summed E-state index contributed by atoms with van der Waals surface area (Å²) in [4.78, 5) is 26.7. The van der Waals surface area contributed by atoms with Gasteiger partial charge in [0.1, 0.15) is 17.2 Å². The zero-order chi connectivity index (χ0) is 28.2. The van der Waals surface area contributed by atoms with Gasteiger partial charge in [-0.3, -0.25) is 9.59 Å². The number of hydroxylamine groups is 2. The Morgan fingerprint density at radius 2 is 1.93 bits per heavy atom. The molecule has 0 aromatic heterocycles. The van der Waals surface area contributed by atoms with Gasteiger partial charge in [-0.2, -0.15) is 0 Å². The average molecular weight is 580 g/mol. The first-order valence-electron chi connectivity index (χ1n) is 13.5. The lowest BCUT2D eigenvalue weighted by molar-refractivity contribution is -0.130. The van der Waals surface area contributed by atoms with Crippen LogP contribution in [-0.4, -0.2) is 42.3 Å². The molecule has 7 nitrogen and oxygen atoms in total. The van der Waals surface area contributed by atoms with Crippen LogP contribution in [0, 0.1) is 5.21 Å². The van der Waals surface area contributed by atoms with Crippen molar-refractivity contribution in [3.63, 3.8) is 0 Å². The molecule has 9 heteroatoms. The molecule has 2 aliphatic rings. The third kappa shape index (κ3) is 6.24. The molecular weight excluding hydrogens is 548 g/mol. The summed E-state index contributed by atoms with van der Waals surface area (Å²) in [6.45, 7) is 2.04. The minimum absolute atomic E-state index is 0.0858. The van der Waals surface area contributed by atoms with Crippen molar-refractivity contribution in [1.29, 1.82) is 0 Å². The molecule has 0 radical (unpaired) electrons. The predicted molar refractivity (Wildman–Crippen MR) is 158 cm³/mol. The molecule has 3 unspecified atom stereocenters. The number of amides is 2. The highest BCUT2D eigenvalue weighted by Crippen LogP contribution is 2.42. The number of fused-ring (bicyclic) bond motifs is 1. The van der Waals surface area contributed by atoms with Gasteiger partial charge in [0.25, 0.3) is 5.91 Å². The van der Waals surface area contributed by atoms with E-state index < -0.39 is 11.8 Å². The van der Waals surface area contributed by atoms with Crippen molar-refractivity contribution in [2.75, 3.05) is 19.4 Å². The van der Waals surface area contributed by atoms with Crippen molar-refractivity contribution >= 4 is 35.2 Å². The Kier molecular flexibility index (Phi) is 8.88. The summed E-state index contributed by atoms with van der Waals surface area (Å²) < 4.78 is 11.7. The Labute approximate surface area is 243 Å². The van der Waals surface area contributed by atoms with Gasteiger partial charge in [0.05, 0.1) is 17.5 Å². The molecule has 1 aliphatic carbocycles. The van der Waals surface area contributed by atoms with E-state index >= 15 is 0 Å². The van der Waals surface area contributed by atoms with Crippen molar-refractivity contribution in [2.45, 2.75) is 55.4 Å². The number of rotatable bonds is 8. The molecule has 3 aromatic carbocycles. The average Bonchev–Trinajstić information content (AvgIpc) is 3.45. The van der Waals surface area contributed by atoms with Crippen molar-refractivity contribution in [3.8, 4) is 17.2 Å². The molecule has 2 amide bonds. The third-order valence-corrected chi connectivity index (χ3v) is 8.63. The molecule has 3 atom stereocenters. The predicted octanol–water partition coefficient (Wildman–Crippen LogP) is 7.13. The molecule has 1 heterocycles. The quantitative estimate of drug-likeness (QED) is 0.225. The first-order chi connectivity index (χ1) is 19.4. The fraction of sp³-hybridized carbons (Fsp3) is 0.355. The molecule has 0 spiro atoms. The Morgan fingerprint density at radius 1 is 1.12 bits per heavy atom. The third-order valence-electron chi connectivity index (χ3n) is 7.61. The van der Waals surface area contributed by atoms with Gasteiger partial charge < -0.3 is 25.1 Å². The summed E-state index contributed by atoms with van der Waals surface area (Å²) in [5, 5.41) is 15.9. The van der Waals surface area contributed by atoms with Crippen LogP contribution < -0.4 is 14.8 Å². The van der Waals surface area contributed by atoms with E-state index in [9.17, 15) is 14.8 Å². The Morgan fingerprint density at radius 3 is 2.67 bits per heavy atom. The van der Waals surface area contributed by atoms with Gasteiger partial charge in [0, 0.05) is 34.7 Å². The highest BCUT2D eigenvalue weighted by molar-refractivity contribution is 7.98. The first-order valence-corrected chi connectivity index (χ1v) is 15.1. The lowest BCUT2D eigenvalue weighted by Gasteiger charge is -2.34.